The second-order valence-electron chi connectivity index (χ2n) is 5.43. The molecule has 5 heteroatoms. The van der Waals surface area contributed by atoms with Gasteiger partial charge < -0.3 is 9.84 Å². The highest BCUT2D eigenvalue weighted by Crippen LogP contribution is 2.18. The zero-order chi connectivity index (χ0) is 17.4. The fourth-order valence-corrected chi connectivity index (χ4v) is 2.34. The Morgan fingerprint density at radius 1 is 1.30 bits per heavy atom. The van der Waals surface area contributed by atoms with Gasteiger partial charge in [0.1, 0.15) is 6.10 Å². The molecule has 1 aromatic carbocycles. The Morgan fingerprint density at radius 3 is 2.43 bits per heavy atom. The van der Waals surface area contributed by atoms with Crippen molar-refractivity contribution < 1.29 is 19.4 Å². The van der Waals surface area contributed by atoms with Crippen molar-refractivity contribution in [1.29, 1.82) is 0 Å². The highest BCUT2D eigenvalue weighted by Gasteiger charge is 2.20. The van der Waals surface area contributed by atoms with E-state index in [0.717, 1.165) is 11.1 Å². The average molecular weight is 337 g/mol. The predicted octanol–water partition coefficient (Wildman–Crippen LogP) is 4.45. The summed E-state index contributed by atoms with van der Waals surface area (Å²) < 4.78 is 5.47. The summed E-state index contributed by atoms with van der Waals surface area (Å²) in [5, 5.41) is 9.16. The molecule has 0 fully saturated rings. The average Bonchev–Trinajstić information content (AvgIpc) is 2.46. The van der Waals surface area contributed by atoms with E-state index in [2.05, 4.69) is 6.58 Å². The molecule has 0 saturated heterocycles. The molecule has 0 bridgehead atoms. The number of hydrogen-bond acceptors (Lipinski definition) is 3. The first-order valence-electron chi connectivity index (χ1n) is 7.26. The molecule has 0 aliphatic carbocycles. The van der Waals surface area contributed by atoms with Crippen LogP contribution in [-0.4, -0.2) is 29.0 Å². The highest BCUT2D eigenvalue weighted by molar-refractivity contribution is 6.18. The maximum Gasteiger partial charge on any atom is 0.339 e. The molecule has 124 valence electrons. The van der Waals surface area contributed by atoms with Crippen LogP contribution < -0.4 is 0 Å². The zero-order valence-corrected chi connectivity index (χ0v) is 14.1. The molecule has 0 aliphatic heterocycles. The van der Waals surface area contributed by atoms with Crippen LogP contribution in [-0.2, 0) is 4.74 Å². The molecule has 23 heavy (non-hydrogen) atoms. The van der Waals surface area contributed by atoms with Crippen LogP contribution in [0.2, 0.25) is 0 Å². The first-order valence-corrected chi connectivity index (χ1v) is 7.79. The second-order valence-corrected chi connectivity index (χ2v) is 5.81. The van der Waals surface area contributed by atoms with Gasteiger partial charge in [-0.3, -0.25) is 0 Å². The molecule has 0 amide bonds. The molecule has 0 spiro atoms. The minimum absolute atomic E-state index is 0.0371. The molecule has 1 rings (SSSR count). The van der Waals surface area contributed by atoms with Crippen molar-refractivity contribution in [2.45, 2.75) is 32.8 Å². The van der Waals surface area contributed by atoms with E-state index in [0.29, 0.717) is 18.7 Å². The van der Waals surface area contributed by atoms with Crippen molar-refractivity contribution in [3.8, 4) is 0 Å². The number of esters is 1. The number of carboxylic acids is 1. The van der Waals surface area contributed by atoms with Gasteiger partial charge in [-0.05, 0) is 38.5 Å². The number of aromatic carboxylic acids is 1. The number of alkyl halides is 1. The maximum absolute atomic E-state index is 12.3. The number of carbonyl (C=O) groups is 2. The smallest absolute Gasteiger partial charge is 0.339 e. The summed E-state index contributed by atoms with van der Waals surface area (Å²) in [5.41, 5.74) is 1.83. The number of hydrogen-bond donors (Lipinski definition) is 1. The third-order valence-electron chi connectivity index (χ3n) is 3.09. The van der Waals surface area contributed by atoms with Gasteiger partial charge in [0, 0.05) is 12.3 Å². The summed E-state index contributed by atoms with van der Waals surface area (Å²) in [6, 6.07) is 5.99. The maximum atomic E-state index is 12.3. The molecule has 1 N–H and O–H groups in total. The lowest BCUT2D eigenvalue weighted by molar-refractivity contribution is 0.0386. The van der Waals surface area contributed by atoms with E-state index < -0.39 is 18.0 Å². The van der Waals surface area contributed by atoms with E-state index in [1.165, 1.54) is 12.1 Å². The molecule has 1 aromatic rings. The lowest BCUT2D eigenvalue weighted by Gasteiger charge is -2.17. The summed E-state index contributed by atoms with van der Waals surface area (Å²) in [6.45, 7) is 7.72. The van der Waals surface area contributed by atoms with Crippen molar-refractivity contribution >= 4 is 23.5 Å². The Balaban J connectivity index is 2.95. The molecule has 1 atom stereocenters. The van der Waals surface area contributed by atoms with Gasteiger partial charge in [-0.15, -0.1) is 11.6 Å². The van der Waals surface area contributed by atoms with Crippen molar-refractivity contribution in [3.05, 3.63) is 59.2 Å². The van der Waals surface area contributed by atoms with Gasteiger partial charge in [-0.1, -0.05) is 29.9 Å². The van der Waals surface area contributed by atoms with Crippen LogP contribution in [0.5, 0.6) is 0 Å². The first kappa shape index (κ1) is 19.0. The fourth-order valence-electron chi connectivity index (χ4n) is 2.08. The van der Waals surface area contributed by atoms with Gasteiger partial charge in [0.05, 0.1) is 11.1 Å². The van der Waals surface area contributed by atoms with Gasteiger partial charge >= 0.3 is 11.9 Å². The molecule has 0 aromatic heterocycles. The van der Waals surface area contributed by atoms with E-state index >= 15 is 0 Å². The van der Waals surface area contributed by atoms with Crippen LogP contribution in [0.15, 0.2) is 48.1 Å². The van der Waals surface area contributed by atoms with Crippen molar-refractivity contribution in [2.24, 2.45) is 0 Å². The van der Waals surface area contributed by atoms with Crippen LogP contribution in [0.4, 0.5) is 0 Å². The van der Waals surface area contributed by atoms with E-state index in [9.17, 15) is 9.59 Å². The standard InChI is InChI=1S/C18H21ClO4/c1-12(2)10-14(11-13(3)8-9-19)23-18(22)16-7-5-4-6-15(16)17(20)21/h4-7,10,14H,3,8-9,11H2,1-2H3,(H,20,21)/t14-/m0/s1. The molecule has 4 nitrogen and oxygen atoms in total. The van der Waals surface area contributed by atoms with E-state index in [4.69, 9.17) is 21.4 Å². The van der Waals surface area contributed by atoms with Crippen LogP contribution in [0.1, 0.15) is 47.4 Å². The van der Waals surface area contributed by atoms with Gasteiger partial charge in [0.15, 0.2) is 0 Å². The van der Waals surface area contributed by atoms with Crippen molar-refractivity contribution in [1.82, 2.24) is 0 Å². The van der Waals surface area contributed by atoms with Crippen LogP contribution in [0.25, 0.3) is 0 Å². The van der Waals surface area contributed by atoms with Gasteiger partial charge in [0.25, 0.3) is 0 Å². The molecule has 0 heterocycles. The number of halogens is 1. The molecule has 0 radical (unpaired) electrons. The van der Waals surface area contributed by atoms with Gasteiger partial charge in [-0.25, -0.2) is 9.59 Å². The Hall–Kier alpha value is -2.07. The number of rotatable bonds is 8. The Morgan fingerprint density at radius 2 is 1.91 bits per heavy atom. The molecular weight excluding hydrogens is 316 g/mol. The summed E-state index contributed by atoms with van der Waals surface area (Å²) in [4.78, 5) is 23.5. The monoisotopic (exact) mass is 336 g/mol. The largest absolute Gasteiger partial charge is 0.478 e. The van der Waals surface area contributed by atoms with Gasteiger partial charge in [0.2, 0.25) is 0 Å². The third-order valence-corrected chi connectivity index (χ3v) is 3.28. The Labute approximate surface area is 141 Å². The van der Waals surface area contributed by atoms with Crippen molar-refractivity contribution in [3.63, 3.8) is 0 Å². The van der Waals surface area contributed by atoms with Crippen molar-refractivity contribution in [2.75, 3.05) is 5.88 Å². The molecule has 0 unspecified atom stereocenters. The molecule has 0 saturated carbocycles. The van der Waals surface area contributed by atoms with E-state index in [1.807, 2.05) is 19.9 Å². The highest BCUT2D eigenvalue weighted by atomic mass is 35.5. The second kappa shape index (κ2) is 9.16. The topological polar surface area (TPSA) is 63.6 Å². The lowest BCUT2D eigenvalue weighted by atomic mass is 10.0. The number of allylic oxidation sites excluding steroid dienone is 1. The number of carbonyl (C=O) groups excluding carboxylic acids is 1. The van der Waals surface area contributed by atoms with E-state index in [-0.39, 0.29) is 11.1 Å². The Bertz CT molecular complexity index is 615. The quantitative estimate of drug-likeness (QED) is 0.432. The third kappa shape index (κ3) is 6.28. The first-order chi connectivity index (χ1) is 10.8. The summed E-state index contributed by atoms with van der Waals surface area (Å²) in [7, 11) is 0. The zero-order valence-electron chi connectivity index (χ0n) is 13.3. The minimum atomic E-state index is -1.16. The number of ether oxygens (including phenoxy) is 1. The summed E-state index contributed by atoms with van der Waals surface area (Å²) >= 11 is 5.69. The van der Waals surface area contributed by atoms with Crippen LogP contribution in [0.3, 0.4) is 0 Å². The fraction of sp³-hybridized carbons (Fsp3) is 0.333. The molecule has 0 aliphatic rings. The SMILES string of the molecule is C=C(CCCl)C[C@H](C=C(C)C)OC(=O)c1ccccc1C(=O)O. The van der Waals surface area contributed by atoms with E-state index in [1.54, 1.807) is 12.1 Å². The lowest BCUT2D eigenvalue weighted by Crippen LogP contribution is -2.19. The normalized spacial score (nSPS) is 11.4. The Kier molecular flexibility index (Phi) is 7.55. The predicted molar refractivity (Wildman–Crippen MR) is 91.1 cm³/mol. The minimum Gasteiger partial charge on any atom is -0.478 e. The molecular formula is C18H21ClO4. The van der Waals surface area contributed by atoms with Gasteiger partial charge in [-0.2, -0.15) is 0 Å². The van der Waals surface area contributed by atoms with Crippen LogP contribution in [0, 0.1) is 0 Å². The summed E-state index contributed by atoms with van der Waals surface area (Å²) in [6.07, 6.45) is 2.42. The number of benzene rings is 1. The van der Waals surface area contributed by atoms with Crippen LogP contribution >= 0.6 is 11.6 Å². The summed E-state index contributed by atoms with van der Waals surface area (Å²) in [5.74, 6) is -1.37. The number of carboxylic acid groups (broad SMARTS) is 1.